The van der Waals surface area contributed by atoms with Gasteiger partial charge in [0.2, 0.25) is 0 Å². The second-order valence-corrected chi connectivity index (χ2v) is 5.79. The number of aromatic nitrogens is 2. The number of aliphatic carboxylic acids is 1. The van der Waals surface area contributed by atoms with Crippen LogP contribution in [-0.2, 0) is 11.3 Å². The number of nitrogens with zero attached hydrogens (tertiary/aromatic N) is 2. The molecule has 6 heteroatoms. The maximum Gasteiger partial charge on any atom is 0.321 e. The molecule has 3 N–H and O–H groups in total. The predicted molar refractivity (Wildman–Crippen MR) is 64.4 cm³/mol. The number of thioether (sulfide) groups is 1. The van der Waals surface area contributed by atoms with Gasteiger partial charge in [-0.2, -0.15) is 16.9 Å². The number of carboxylic acid groups (broad SMARTS) is 1. The molecule has 1 rings (SSSR count). The highest BCUT2D eigenvalue weighted by Gasteiger charge is 2.32. The first-order valence-corrected chi connectivity index (χ1v) is 6.02. The average Bonchev–Trinajstić information content (AvgIpc) is 2.69. The lowest BCUT2D eigenvalue weighted by Crippen LogP contribution is -2.47. The van der Waals surface area contributed by atoms with E-state index in [0.29, 0.717) is 0 Å². The first-order chi connectivity index (χ1) is 7.43. The number of carboxylic acids is 1. The minimum atomic E-state index is -0.961. The van der Waals surface area contributed by atoms with Gasteiger partial charge in [-0.25, -0.2) is 0 Å². The minimum Gasteiger partial charge on any atom is -0.480 e. The standard InChI is InChI=1S/C10H17N3O2S/c1-10(2,8(11)9(14)15)16-7-6-13-5-3-4-12-13/h3-5,8H,6-7,11H2,1-2H3,(H,14,15)/t8-/m1/s1. The lowest BCUT2D eigenvalue weighted by atomic mass is 10.1. The number of carbonyl (C=O) groups is 1. The van der Waals surface area contributed by atoms with E-state index in [1.54, 1.807) is 18.0 Å². The van der Waals surface area contributed by atoms with Gasteiger partial charge in [-0.15, -0.1) is 0 Å². The van der Waals surface area contributed by atoms with E-state index in [1.165, 1.54) is 0 Å². The first kappa shape index (κ1) is 13.1. The fraction of sp³-hybridized carbons (Fsp3) is 0.600. The number of hydrogen-bond acceptors (Lipinski definition) is 4. The quantitative estimate of drug-likeness (QED) is 0.772. The molecular formula is C10H17N3O2S. The SMILES string of the molecule is CC(C)(SCCn1cccn1)[C@H](N)C(=O)O. The Morgan fingerprint density at radius 3 is 2.88 bits per heavy atom. The highest BCUT2D eigenvalue weighted by Crippen LogP contribution is 2.27. The van der Waals surface area contributed by atoms with Crippen molar-refractivity contribution in [3.63, 3.8) is 0 Å². The third-order valence-electron chi connectivity index (χ3n) is 2.37. The van der Waals surface area contributed by atoms with Gasteiger partial charge in [0.25, 0.3) is 0 Å². The zero-order valence-corrected chi connectivity index (χ0v) is 10.3. The summed E-state index contributed by atoms with van der Waals surface area (Å²) in [6, 6.07) is 1.01. The molecule has 0 aliphatic heterocycles. The molecule has 90 valence electrons. The van der Waals surface area contributed by atoms with Crippen LogP contribution in [0.3, 0.4) is 0 Å². The van der Waals surface area contributed by atoms with E-state index in [9.17, 15) is 4.79 Å². The van der Waals surface area contributed by atoms with Crippen molar-refractivity contribution in [2.45, 2.75) is 31.2 Å². The number of nitrogens with two attached hydrogens (primary N) is 1. The molecule has 0 bridgehead atoms. The summed E-state index contributed by atoms with van der Waals surface area (Å²) in [5, 5.41) is 12.9. The second-order valence-electron chi connectivity index (χ2n) is 4.04. The highest BCUT2D eigenvalue weighted by molar-refractivity contribution is 8.00. The Bertz CT molecular complexity index is 338. The molecule has 1 aromatic heterocycles. The first-order valence-electron chi connectivity index (χ1n) is 5.03. The Morgan fingerprint density at radius 1 is 1.69 bits per heavy atom. The van der Waals surface area contributed by atoms with Crippen molar-refractivity contribution in [1.82, 2.24) is 9.78 Å². The Morgan fingerprint density at radius 2 is 2.38 bits per heavy atom. The molecule has 0 saturated heterocycles. The molecule has 16 heavy (non-hydrogen) atoms. The molecule has 0 aromatic carbocycles. The van der Waals surface area contributed by atoms with Gasteiger partial charge >= 0.3 is 5.97 Å². The number of rotatable bonds is 6. The maximum absolute atomic E-state index is 10.8. The molecule has 0 unspecified atom stereocenters. The van der Waals surface area contributed by atoms with Crippen LogP contribution >= 0.6 is 11.8 Å². The van der Waals surface area contributed by atoms with Crippen molar-refractivity contribution >= 4 is 17.7 Å². The number of hydrogen-bond donors (Lipinski definition) is 2. The van der Waals surface area contributed by atoms with Crippen LogP contribution in [0, 0.1) is 0 Å². The number of aryl methyl sites for hydroxylation is 1. The zero-order chi connectivity index (χ0) is 12.2. The molecule has 0 fully saturated rings. The second kappa shape index (κ2) is 5.36. The molecule has 1 aromatic rings. The van der Waals surface area contributed by atoms with Crippen LogP contribution in [0.4, 0.5) is 0 Å². The Hall–Kier alpha value is -1.01. The van der Waals surface area contributed by atoms with Gasteiger partial charge in [0, 0.05) is 29.4 Å². The van der Waals surface area contributed by atoms with Gasteiger partial charge in [-0.1, -0.05) is 0 Å². The molecule has 0 aliphatic carbocycles. The Kier molecular flexibility index (Phi) is 4.37. The van der Waals surface area contributed by atoms with Crippen molar-refractivity contribution in [3.8, 4) is 0 Å². The zero-order valence-electron chi connectivity index (χ0n) is 9.46. The summed E-state index contributed by atoms with van der Waals surface area (Å²) < 4.78 is 1.34. The van der Waals surface area contributed by atoms with Gasteiger partial charge in [-0.3, -0.25) is 9.48 Å². The van der Waals surface area contributed by atoms with Crippen LogP contribution in [-0.4, -0.2) is 37.4 Å². The summed E-state index contributed by atoms with van der Waals surface area (Å²) in [5.41, 5.74) is 5.61. The normalized spacial score (nSPS) is 13.7. The summed E-state index contributed by atoms with van der Waals surface area (Å²) in [7, 11) is 0. The molecule has 1 atom stereocenters. The molecule has 0 saturated carbocycles. The topological polar surface area (TPSA) is 81.1 Å². The monoisotopic (exact) mass is 243 g/mol. The predicted octanol–water partition coefficient (Wildman–Crippen LogP) is 0.807. The average molecular weight is 243 g/mol. The third-order valence-corrected chi connectivity index (χ3v) is 3.75. The van der Waals surface area contributed by atoms with Crippen molar-refractivity contribution < 1.29 is 9.90 Å². The molecule has 0 spiro atoms. The van der Waals surface area contributed by atoms with Crippen LogP contribution in [0.5, 0.6) is 0 Å². The van der Waals surface area contributed by atoms with Crippen LogP contribution in [0.15, 0.2) is 18.5 Å². The van der Waals surface area contributed by atoms with E-state index in [1.807, 2.05) is 30.8 Å². The molecule has 0 radical (unpaired) electrons. The van der Waals surface area contributed by atoms with Crippen LogP contribution < -0.4 is 5.73 Å². The van der Waals surface area contributed by atoms with Crippen LogP contribution in [0.2, 0.25) is 0 Å². The van der Waals surface area contributed by atoms with Gasteiger partial charge < -0.3 is 10.8 Å². The van der Waals surface area contributed by atoms with E-state index in [0.717, 1.165) is 12.3 Å². The Balaban J connectivity index is 2.39. The summed E-state index contributed by atoms with van der Waals surface area (Å²) in [6.45, 7) is 4.45. The summed E-state index contributed by atoms with van der Waals surface area (Å²) in [5.74, 6) is -0.174. The van der Waals surface area contributed by atoms with Crippen LogP contribution in [0.1, 0.15) is 13.8 Å². The largest absolute Gasteiger partial charge is 0.480 e. The lowest BCUT2D eigenvalue weighted by molar-refractivity contribution is -0.139. The Labute approximate surface area is 99.0 Å². The fourth-order valence-electron chi connectivity index (χ4n) is 1.22. The molecule has 1 heterocycles. The lowest BCUT2D eigenvalue weighted by Gasteiger charge is -2.27. The van der Waals surface area contributed by atoms with Crippen molar-refractivity contribution in [2.24, 2.45) is 5.73 Å². The summed E-state index contributed by atoms with van der Waals surface area (Å²) in [6.07, 6.45) is 3.60. The third kappa shape index (κ3) is 3.53. The van der Waals surface area contributed by atoms with Crippen molar-refractivity contribution in [1.29, 1.82) is 0 Å². The summed E-state index contributed by atoms with van der Waals surface area (Å²) in [4.78, 5) is 10.8. The van der Waals surface area contributed by atoms with Crippen LogP contribution in [0.25, 0.3) is 0 Å². The van der Waals surface area contributed by atoms with Crippen molar-refractivity contribution in [3.05, 3.63) is 18.5 Å². The van der Waals surface area contributed by atoms with E-state index in [4.69, 9.17) is 10.8 Å². The van der Waals surface area contributed by atoms with E-state index < -0.39 is 16.8 Å². The highest BCUT2D eigenvalue weighted by atomic mass is 32.2. The van der Waals surface area contributed by atoms with E-state index >= 15 is 0 Å². The van der Waals surface area contributed by atoms with Gasteiger partial charge in [0.15, 0.2) is 0 Å². The minimum absolute atomic E-state index is 0.473. The fourth-order valence-corrected chi connectivity index (χ4v) is 2.31. The molecule has 0 aliphatic rings. The van der Waals surface area contributed by atoms with E-state index in [-0.39, 0.29) is 0 Å². The molecule has 5 nitrogen and oxygen atoms in total. The van der Waals surface area contributed by atoms with Gasteiger partial charge in [0.05, 0.1) is 0 Å². The van der Waals surface area contributed by atoms with E-state index in [2.05, 4.69) is 5.10 Å². The van der Waals surface area contributed by atoms with Gasteiger partial charge in [-0.05, 0) is 19.9 Å². The maximum atomic E-state index is 10.8. The summed E-state index contributed by atoms with van der Waals surface area (Å²) >= 11 is 1.55. The van der Waals surface area contributed by atoms with Gasteiger partial charge in [0.1, 0.15) is 6.04 Å². The smallest absolute Gasteiger partial charge is 0.321 e. The molecular weight excluding hydrogens is 226 g/mol. The molecule has 0 amide bonds. The van der Waals surface area contributed by atoms with Crippen molar-refractivity contribution in [2.75, 3.05) is 5.75 Å².